The predicted molar refractivity (Wildman–Crippen MR) is 111 cm³/mol. The van der Waals surface area contributed by atoms with Crippen LogP contribution in [-0.2, 0) is 11.3 Å². The van der Waals surface area contributed by atoms with Crippen molar-refractivity contribution in [3.63, 3.8) is 0 Å². The van der Waals surface area contributed by atoms with Crippen LogP contribution < -0.4 is 10.2 Å². The van der Waals surface area contributed by atoms with E-state index in [-0.39, 0.29) is 0 Å². The van der Waals surface area contributed by atoms with Crippen molar-refractivity contribution in [1.82, 2.24) is 15.2 Å². The minimum atomic E-state index is 0.752. The molecule has 6 nitrogen and oxygen atoms in total. The van der Waals surface area contributed by atoms with Crippen molar-refractivity contribution in [2.45, 2.75) is 45.1 Å². The molecule has 0 unspecified atom stereocenters. The molecule has 1 saturated carbocycles. The molecule has 0 atom stereocenters. The Balaban J connectivity index is 1.46. The summed E-state index contributed by atoms with van der Waals surface area (Å²) in [6.07, 6.45) is 9.81. The fraction of sp³-hybridized carbons (Fsp3) is 0.714. The Kier molecular flexibility index (Phi) is 7.75. The van der Waals surface area contributed by atoms with Crippen LogP contribution in [0.1, 0.15) is 44.1 Å². The van der Waals surface area contributed by atoms with Crippen LogP contribution >= 0.6 is 0 Å². The lowest BCUT2D eigenvalue weighted by atomic mass is 10.2. The number of anilines is 1. The third kappa shape index (κ3) is 6.69. The van der Waals surface area contributed by atoms with Crippen LogP contribution in [0.15, 0.2) is 23.3 Å². The first-order valence-electron chi connectivity index (χ1n) is 10.5. The van der Waals surface area contributed by atoms with Gasteiger partial charge < -0.3 is 19.9 Å². The normalized spacial score (nSPS) is 18.3. The van der Waals surface area contributed by atoms with E-state index in [1.165, 1.54) is 44.1 Å². The number of hydrogen-bond donors (Lipinski definition) is 1. The summed E-state index contributed by atoms with van der Waals surface area (Å²) >= 11 is 0. The summed E-state index contributed by atoms with van der Waals surface area (Å²) in [5.74, 6) is 2.82. The van der Waals surface area contributed by atoms with Gasteiger partial charge >= 0.3 is 0 Å². The van der Waals surface area contributed by atoms with E-state index in [1.54, 1.807) is 0 Å². The van der Waals surface area contributed by atoms with Crippen LogP contribution in [0.2, 0.25) is 0 Å². The smallest absolute Gasteiger partial charge is 0.193 e. The number of aromatic nitrogens is 1. The number of likely N-dealkylation sites (N-methyl/N-ethyl adjacent to an activating group) is 1. The van der Waals surface area contributed by atoms with Crippen LogP contribution in [-0.4, -0.2) is 62.8 Å². The van der Waals surface area contributed by atoms with Crippen LogP contribution in [0, 0.1) is 5.92 Å². The van der Waals surface area contributed by atoms with E-state index in [9.17, 15) is 0 Å². The Hall–Kier alpha value is -1.82. The standard InChI is InChI=1S/C21H35N5O/c1-22-21(25(2)13-14-27-17-18-7-8-18)24-16-19-9-10-23-20(15-19)26-11-5-3-4-6-12-26/h9-10,15,18H,3-8,11-14,16-17H2,1-2H3,(H,22,24). The van der Waals surface area contributed by atoms with Crippen molar-refractivity contribution in [1.29, 1.82) is 0 Å². The SMILES string of the molecule is CN=C(NCc1ccnc(N2CCCCCC2)c1)N(C)CCOCC1CC1. The summed E-state index contributed by atoms with van der Waals surface area (Å²) in [5.41, 5.74) is 1.24. The van der Waals surface area contributed by atoms with E-state index in [0.29, 0.717) is 0 Å². The molecule has 2 fully saturated rings. The maximum Gasteiger partial charge on any atom is 0.193 e. The van der Waals surface area contributed by atoms with Gasteiger partial charge in [-0.1, -0.05) is 12.8 Å². The molecule has 1 aliphatic heterocycles. The molecule has 0 bridgehead atoms. The van der Waals surface area contributed by atoms with Gasteiger partial charge in [-0.2, -0.15) is 0 Å². The topological polar surface area (TPSA) is 53.0 Å². The highest BCUT2D eigenvalue weighted by Crippen LogP contribution is 2.28. The van der Waals surface area contributed by atoms with Gasteiger partial charge in [0.15, 0.2) is 5.96 Å². The fourth-order valence-corrected chi connectivity index (χ4v) is 3.45. The van der Waals surface area contributed by atoms with Crippen molar-refractivity contribution < 1.29 is 4.74 Å². The summed E-state index contributed by atoms with van der Waals surface area (Å²) in [4.78, 5) is 13.6. The summed E-state index contributed by atoms with van der Waals surface area (Å²) in [7, 11) is 3.89. The Bertz CT molecular complexity index is 594. The second kappa shape index (κ2) is 10.5. The van der Waals surface area contributed by atoms with Gasteiger partial charge in [0.2, 0.25) is 0 Å². The minimum absolute atomic E-state index is 0.752. The summed E-state index contributed by atoms with van der Waals surface area (Å²) in [6, 6.07) is 4.30. The fourth-order valence-electron chi connectivity index (χ4n) is 3.45. The van der Waals surface area contributed by atoms with E-state index in [0.717, 1.165) is 57.1 Å². The van der Waals surface area contributed by atoms with Crippen LogP contribution in [0.4, 0.5) is 5.82 Å². The lowest BCUT2D eigenvalue weighted by Gasteiger charge is -2.23. The summed E-state index contributed by atoms with van der Waals surface area (Å²) in [6.45, 7) is 5.51. The van der Waals surface area contributed by atoms with Gasteiger partial charge in [-0.05, 0) is 49.3 Å². The van der Waals surface area contributed by atoms with Gasteiger partial charge in [-0.3, -0.25) is 4.99 Å². The molecule has 0 radical (unpaired) electrons. The van der Waals surface area contributed by atoms with Crippen LogP contribution in [0.3, 0.4) is 0 Å². The largest absolute Gasteiger partial charge is 0.379 e. The summed E-state index contributed by atoms with van der Waals surface area (Å²) in [5, 5.41) is 3.46. The van der Waals surface area contributed by atoms with Crippen LogP contribution in [0.25, 0.3) is 0 Å². The zero-order chi connectivity index (χ0) is 18.9. The maximum atomic E-state index is 5.74. The van der Waals surface area contributed by atoms with Gasteiger partial charge in [-0.15, -0.1) is 0 Å². The third-order valence-electron chi connectivity index (χ3n) is 5.39. The molecule has 1 aromatic rings. The first kappa shape index (κ1) is 19.9. The number of nitrogens with one attached hydrogen (secondary N) is 1. The quantitative estimate of drug-likeness (QED) is 0.431. The molecule has 0 spiro atoms. The molecule has 1 aliphatic carbocycles. The second-order valence-electron chi connectivity index (χ2n) is 7.76. The lowest BCUT2D eigenvalue weighted by Crippen LogP contribution is -2.40. The van der Waals surface area contributed by atoms with E-state index < -0.39 is 0 Å². The van der Waals surface area contributed by atoms with Gasteiger partial charge in [0.25, 0.3) is 0 Å². The monoisotopic (exact) mass is 373 g/mol. The molecular weight excluding hydrogens is 338 g/mol. The zero-order valence-electron chi connectivity index (χ0n) is 17.0. The van der Waals surface area contributed by atoms with Crippen molar-refractivity contribution >= 4 is 11.8 Å². The van der Waals surface area contributed by atoms with E-state index in [2.05, 4.69) is 44.3 Å². The molecule has 2 heterocycles. The van der Waals surface area contributed by atoms with Gasteiger partial charge in [0.1, 0.15) is 5.82 Å². The molecular formula is C21H35N5O. The lowest BCUT2D eigenvalue weighted by molar-refractivity contribution is 0.115. The molecule has 1 N–H and O–H groups in total. The Morgan fingerprint density at radius 1 is 1.30 bits per heavy atom. The van der Waals surface area contributed by atoms with Crippen LogP contribution in [0.5, 0.6) is 0 Å². The first-order chi connectivity index (χ1) is 13.3. The minimum Gasteiger partial charge on any atom is -0.379 e. The molecule has 6 heteroatoms. The highest BCUT2D eigenvalue weighted by atomic mass is 16.5. The molecule has 150 valence electrons. The molecule has 3 rings (SSSR count). The van der Waals surface area contributed by atoms with Crippen molar-refractivity contribution in [3.8, 4) is 0 Å². The molecule has 0 amide bonds. The number of pyridine rings is 1. The Morgan fingerprint density at radius 3 is 2.78 bits per heavy atom. The highest BCUT2D eigenvalue weighted by molar-refractivity contribution is 5.79. The zero-order valence-corrected chi connectivity index (χ0v) is 17.0. The number of ether oxygens (including phenoxy) is 1. The van der Waals surface area contributed by atoms with Crippen molar-refractivity contribution in [2.24, 2.45) is 10.9 Å². The summed E-state index contributed by atoms with van der Waals surface area (Å²) < 4.78 is 5.74. The highest BCUT2D eigenvalue weighted by Gasteiger charge is 2.21. The Morgan fingerprint density at radius 2 is 2.07 bits per heavy atom. The third-order valence-corrected chi connectivity index (χ3v) is 5.39. The number of aliphatic imine (C=N–C) groups is 1. The van der Waals surface area contributed by atoms with E-state index in [1.807, 2.05) is 13.2 Å². The average molecular weight is 374 g/mol. The molecule has 2 aliphatic rings. The number of nitrogens with zero attached hydrogens (tertiary/aromatic N) is 4. The number of rotatable bonds is 8. The predicted octanol–water partition coefficient (Wildman–Crippen LogP) is 2.90. The molecule has 1 aromatic heterocycles. The molecule has 0 aromatic carbocycles. The van der Waals surface area contributed by atoms with Gasteiger partial charge in [0, 0.05) is 53.1 Å². The Labute approximate surface area is 164 Å². The van der Waals surface area contributed by atoms with Crippen molar-refractivity contribution in [2.75, 3.05) is 51.8 Å². The first-order valence-corrected chi connectivity index (χ1v) is 10.5. The molecule has 27 heavy (non-hydrogen) atoms. The second-order valence-corrected chi connectivity index (χ2v) is 7.76. The average Bonchev–Trinajstić information content (AvgIpc) is 3.53. The van der Waals surface area contributed by atoms with E-state index >= 15 is 0 Å². The number of guanidine groups is 1. The van der Waals surface area contributed by atoms with Gasteiger partial charge in [-0.25, -0.2) is 4.98 Å². The number of hydrogen-bond acceptors (Lipinski definition) is 4. The maximum absolute atomic E-state index is 5.74. The van der Waals surface area contributed by atoms with Gasteiger partial charge in [0.05, 0.1) is 6.61 Å². The van der Waals surface area contributed by atoms with E-state index in [4.69, 9.17) is 4.74 Å². The molecule has 1 saturated heterocycles. The van der Waals surface area contributed by atoms with Crippen molar-refractivity contribution in [3.05, 3.63) is 23.9 Å².